The summed E-state index contributed by atoms with van der Waals surface area (Å²) in [4.78, 5) is 14.0. The van der Waals surface area contributed by atoms with E-state index in [1.54, 1.807) is 13.0 Å². The van der Waals surface area contributed by atoms with Gasteiger partial charge in [0.1, 0.15) is 0 Å². The normalized spacial score (nSPS) is 11.8. The minimum absolute atomic E-state index is 0.132. The molecule has 0 aliphatic rings. The third kappa shape index (κ3) is 3.76. The van der Waals surface area contributed by atoms with Crippen LogP contribution in [0, 0.1) is 5.39 Å². The highest BCUT2D eigenvalue weighted by atomic mass is 16.5. The van der Waals surface area contributed by atoms with Gasteiger partial charge in [0.05, 0.1) is 6.61 Å². The van der Waals surface area contributed by atoms with Crippen molar-refractivity contribution in [1.29, 1.82) is 5.39 Å². The fourth-order valence-corrected chi connectivity index (χ4v) is 1.21. The number of esters is 1. The monoisotopic (exact) mass is 245 g/mol. The number of hydrogen-bond donors (Lipinski definition) is 1. The first kappa shape index (κ1) is 13.5. The number of carbonyl (C=O) groups excluding carboxylic acids is 1. The zero-order valence-corrected chi connectivity index (χ0v) is 9.91. The zero-order valence-electron chi connectivity index (χ0n) is 9.91. The molecule has 0 aromatic heterocycles. The van der Waals surface area contributed by atoms with Crippen molar-refractivity contribution in [2.75, 3.05) is 6.61 Å². The molecule has 0 bridgehead atoms. The third-order valence-electron chi connectivity index (χ3n) is 2.04. The highest BCUT2D eigenvalue weighted by Crippen LogP contribution is 2.10. The average molecular weight is 245 g/mol. The van der Waals surface area contributed by atoms with Crippen LogP contribution in [-0.2, 0) is 9.53 Å². The number of aliphatic hydroxyl groups excluding tert-OH is 1. The summed E-state index contributed by atoms with van der Waals surface area (Å²) in [6.07, 6.45) is 2.85. The summed E-state index contributed by atoms with van der Waals surface area (Å²) in [5.41, 5.74) is 0.314. The van der Waals surface area contributed by atoms with Gasteiger partial charge in [0.25, 0.3) is 0 Å². The van der Waals surface area contributed by atoms with Gasteiger partial charge in [-0.15, -0.1) is 0 Å². The molecule has 18 heavy (non-hydrogen) atoms. The Kier molecular flexibility index (Phi) is 5.13. The van der Waals surface area contributed by atoms with Crippen LogP contribution in [0.4, 0.5) is 0 Å². The second-order valence-corrected chi connectivity index (χ2v) is 3.30. The molecule has 92 valence electrons. The van der Waals surface area contributed by atoms with Crippen LogP contribution in [0.25, 0.3) is 11.1 Å². The largest absolute Gasteiger partial charge is 0.509 e. The van der Waals surface area contributed by atoms with Gasteiger partial charge < -0.3 is 9.84 Å². The molecule has 0 heterocycles. The fraction of sp³-hybridized carbons (Fsp3) is 0.154. The second-order valence-electron chi connectivity index (χ2n) is 3.30. The van der Waals surface area contributed by atoms with Crippen LogP contribution in [0.1, 0.15) is 12.5 Å². The number of diazo groups is 1. The van der Waals surface area contributed by atoms with Crippen LogP contribution in [0.5, 0.6) is 0 Å². The van der Waals surface area contributed by atoms with Crippen LogP contribution in [0.15, 0.2) is 47.9 Å². The predicted molar refractivity (Wildman–Crippen MR) is 66.8 cm³/mol. The van der Waals surface area contributed by atoms with E-state index in [2.05, 4.69) is 9.71 Å². The van der Waals surface area contributed by atoms with E-state index in [-0.39, 0.29) is 6.61 Å². The van der Waals surface area contributed by atoms with Crippen LogP contribution >= 0.6 is 0 Å². The Labute approximate surface area is 105 Å². The first-order valence-corrected chi connectivity index (χ1v) is 5.37. The lowest BCUT2D eigenvalue weighted by molar-refractivity contribution is -0.138. The quantitative estimate of drug-likeness (QED) is 0.291. The molecule has 1 rings (SSSR count). The SMILES string of the molecule is CCOC(=O)/C([N+]#N)=C(O)/C=C/c1ccccc1. The minimum atomic E-state index is -0.879. The highest BCUT2D eigenvalue weighted by molar-refractivity contribution is 5.91. The summed E-state index contributed by atoms with van der Waals surface area (Å²) >= 11 is 0. The molecule has 0 aliphatic heterocycles. The summed E-state index contributed by atoms with van der Waals surface area (Å²) in [5.74, 6) is -1.34. The van der Waals surface area contributed by atoms with Crippen LogP contribution in [0.3, 0.4) is 0 Å². The Morgan fingerprint density at radius 2 is 2.11 bits per heavy atom. The predicted octanol–water partition coefficient (Wildman–Crippen LogP) is 2.89. The van der Waals surface area contributed by atoms with Gasteiger partial charge in [-0.05, 0) is 18.6 Å². The van der Waals surface area contributed by atoms with Gasteiger partial charge in [-0.1, -0.05) is 36.4 Å². The number of benzene rings is 1. The lowest BCUT2D eigenvalue weighted by atomic mass is 10.2. The van der Waals surface area contributed by atoms with E-state index in [4.69, 9.17) is 5.39 Å². The van der Waals surface area contributed by atoms with Crippen molar-refractivity contribution in [3.63, 3.8) is 0 Å². The van der Waals surface area contributed by atoms with Crippen molar-refractivity contribution < 1.29 is 14.6 Å². The van der Waals surface area contributed by atoms with Crippen molar-refractivity contribution in [2.45, 2.75) is 6.92 Å². The maximum absolute atomic E-state index is 11.3. The number of aliphatic hydroxyl groups is 1. The molecule has 5 nitrogen and oxygen atoms in total. The van der Waals surface area contributed by atoms with Gasteiger partial charge in [0, 0.05) is 0 Å². The molecule has 1 N–H and O–H groups in total. The second kappa shape index (κ2) is 6.86. The van der Waals surface area contributed by atoms with E-state index in [9.17, 15) is 9.90 Å². The van der Waals surface area contributed by atoms with E-state index in [0.717, 1.165) is 5.56 Å². The van der Waals surface area contributed by atoms with Crippen LogP contribution < -0.4 is 0 Å². The molecule has 0 spiro atoms. The first-order valence-electron chi connectivity index (χ1n) is 5.37. The van der Waals surface area contributed by atoms with Crippen molar-refractivity contribution >= 4 is 12.0 Å². The minimum Gasteiger partial charge on any atom is -0.501 e. The Hall–Kier alpha value is -2.61. The third-order valence-corrected chi connectivity index (χ3v) is 2.04. The number of ether oxygens (including phenoxy) is 1. The van der Waals surface area contributed by atoms with Crippen LogP contribution in [0.2, 0.25) is 0 Å². The summed E-state index contributed by atoms with van der Waals surface area (Å²) in [5, 5.41) is 18.3. The molecule has 0 amide bonds. The molecule has 0 radical (unpaired) electrons. The van der Waals surface area contributed by atoms with E-state index in [1.807, 2.05) is 30.3 Å². The number of rotatable bonds is 4. The van der Waals surface area contributed by atoms with Gasteiger partial charge in [0.15, 0.2) is 4.98 Å². The van der Waals surface area contributed by atoms with Gasteiger partial charge in [-0.3, -0.25) is 0 Å². The number of nitrogens with zero attached hydrogens (tertiary/aromatic N) is 2. The Morgan fingerprint density at radius 3 is 2.67 bits per heavy atom. The Balaban J connectivity index is 2.91. The molecule has 1 aromatic carbocycles. The molecule has 0 fully saturated rings. The van der Waals surface area contributed by atoms with E-state index >= 15 is 0 Å². The molecule has 0 unspecified atom stereocenters. The summed E-state index contributed by atoms with van der Waals surface area (Å²) in [6, 6.07) is 9.18. The van der Waals surface area contributed by atoms with Crippen molar-refractivity contribution in [3.8, 4) is 0 Å². The number of carbonyl (C=O) groups is 1. The molecule has 5 heteroatoms. The summed E-state index contributed by atoms with van der Waals surface area (Å²) < 4.78 is 4.62. The van der Waals surface area contributed by atoms with Crippen LogP contribution in [-0.4, -0.2) is 17.7 Å². The van der Waals surface area contributed by atoms with Gasteiger partial charge in [0.2, 0.25) is 11.2 Å². The molecular formula is C13H13N2O3+. The lowest BCUT2D eigenvalue weighted by Gasteiger charge is -1.93. The maximum atomic E-state index is 11.3. The van der Waals surface area contributed by atoms with E-state index in [1.165, 1.54) is 6.08 Å². The highest BCUT2D eigenvalue weighted by Gasteiger charge is 2.29. The fourth-order valence-electron chi connectivity index (χ4n) is 1.21. The number of allylic oxidation sites excluding steroid dienone is 1. The van der Waals surface area contributed by atoms with Crippen molar-refractivity contribution in [2.24, 2.45) is 0 Å². The molecular weight excluding hydrogens is 232 g/mol. The molecule has 0 atom stereocenters. The van der Waals surface area contributed by atoms with E-state index < -0.39 is 17.4 Å². The van der Waals surface area contributed by atoms with Gasteiger partial charge >= 0.3 is 11.7 Å². The standard InChI is InChI=1S/C13H12N2O3/c1-2-18-13(17)12(15-14)11(16)9-8-10-6-4-3-5-7-10/h3-9H,2H2,1H3/p+1/b9-8+. The van der Waals surface area contributed by atoms with E-state index in [0.29, 0.717) is 0 Å². The Bertz CT molecular complexity index is 513. The summed E-state index contributed by atoms with van der Waals surface area (Å²) in [7, 11) is 0. The summed E-state index contributed by atoms with van der Waals surface area (Å²) in [6.45, 7) is 1.75. The topological polar surface area (TPSA) is 74.7 Å². The lowest BCUT2D eigenvalue weighted by Crippen LogP contribution is -2.07. The molecule has 0 saturated heterocycles. The average Bonchev–Trinajstić information content (AvgIpc) is 2.39. The first-order chi connectivity index (χ1) is 8.69. The molecule has 1 aromatic rings. The number of hydrogen-bond acceptors (Lipinski definition) is 4. The smallest absolute Gasteiger partial charge is 0.501 e. The maximum Gasteiger partial charge on any atom is 0.509 e. The molecule has 0 saturated carbocycles. The van der Waals surface area contributed by atoms with Gasteiger partial charge in [-0.2, -0.15) is 0 Å². The van der Waals surface area contributed by atoms with Gasteiger partial charge in [-0.25, -0.2) is 4.79 Å². The van der Waals surface area contributed by atoms with Crippen molar-refractivity contribution in [1.82, 2.24) is 0 Å². The van der Waals surface area contributed by atoms with Crippen molar-refractivity contribution in [3.05, 3.63) is 58.4 Å². The molecule has 0 aliphatic carbocycles. The Morgan fingerprint density at radius 1 is 1.44 bits per heavy atom. The zero-order chi connectivity index (χ0) is 13.4.